The first-order valence-corrected chi connectivity index (χ1v) is 11.8. The Labute approximate surface area is 214 Å². The first kappa shape index (κ1) is 23.9. The standard InChI is InChI=1S/C27H21BrFNO6/c1-33-20-10-15(11-21(34-2)25(20)35-3)23-22-24(31)18-12-16(28)6-9-19(18)36-26(22)27(32)30(23)13-14-4-7-17(29)8-5-14/h4-12,23H,13H2,1-3H3/t23-/m1/s1. The summed E-state index contributed by atoms with van der Waals surface area (Å²) in [6, 6.07) is 13.5. The first-order chi connectivity index (χ1) is 17.4. The summed E-state index contributed by atoms with van der Waals surface area (Å²) >= 11 is 3.40. The maximum Gasteiger partial charge on any atom is 0.291 e. The summed E-state index contributed by atoms with van der Waals surface area (Å²) in [6.45, 7) is 0.115. The van der Waals surface area contributed by atoms with Crippen LogP contribution >= 0.6 is 15.9 Å². The monoisotopic (exact) mass is 553 g/mol. The van der Waals surface area contributed by atoms with Crippen molar-refractivity contribution in [1.29, 1.82) is 0 Å². The lowest BCUT2D eigenvalue weighted by molar-refractivity contribution is 0.0714. The van der Waals surface area contributed by atoms with Gasteiger partial charge in [0.1, 0.15) is 11.4 Å². The number of nitrogens with zero attached hydrogens (tertiary/aromatic N) is 1. The van der Waals surface area contributed by atoms with Gasteiger partial charge >= 0.3 is 0 Å². The molecule has 0 spiro atoms. The molecule has 5 rings (SSSR count). The number of fused-ring (bicyclic) bond motifs is 2. The van der Waals surface area contributed by atoms with Crippen LogP contribution in [0.5, 0.6) is 17.2 Å². The van der Waals surface area contributed by atoms with Gasteiger partial charge in [-0.15, -0.1) is 0 Å². The number of benzene rings is 3. The average Bonchev–Trinajstić information content (AvgIpc) is 3.16. The van der Waals surface area contributed by atoms with Crippen LogP contribution in [-0.2, 0) is 6.54 Å². The van der Waals surface area contributed by atoms with Crippen LogP contribution in [0.25, 0.3) is 11.0 Å². The minimum absolute atomic E-state index is 0.0318. The largest absolute Gasteiger partial charge is 0.493 e. The smallest absolute Gasteiger partial charge is 0.291 e. The van der Waals surface area contributed by atoms with E-state index in [0.29, 0.717) is 43.8 Å². The predicted octanol–water partition coefficient (Wildman–Crippen LogP) is 5.47. The van der Waals surface area contributed by atoms with Gasteiger partial charge in [0.05, 0.1) is 38.3 Å². The zero-order valence-corrected chi connectivity index (χ0v) is 21.2. The van der Waals surface area contributed by atoms with Gasteiger partial charge in [-0.2, -0.15) is 0 Å². The van der Waals surface area contributed by atoms with Crippen molar-refractivity contribution in [3.05, 3.63) is 97.6 Å². The number of hydrogen-bond donors (Lipinski definition) is 0. The van der Waals surface area contributed by atoms with Gasteiger partial charge in [0, 0.05) is 11.0 Å². The van der Waals surface area contributed by atoms with Crippen molar-refractivity contribution in [2.24, 2.45) is 0 Å². The summed E-state index contributed by atoms with van der Waals surface area (Å²) < 4.78 is 36.7. The summed E-state index contributed by atoms with van der Waals surface area (Å²) in [5, 5.41) is 0.344. The second-order valence-corrected chi connectivity index (χ2v) is 9.15. The molecule has 1 aromatic heterocycles. The Balaban J connectivity index is 1.76. The highest BCUT2D eigenvalue weighted by atomic mass is 79.9. The molecule has 1 amide bonds. The Morgan fingerprint density at radius 2 is 1.61 bits per heavy atom. The molecule has 1 aliphatic rings. The predicted molar refractivity (Wildman–Crippen MR) is 134 cm³/mol. The van der Waals surface area contributed by atoms with Crippen molar-refractivity contribution < 1.29 is 27.8 Å². The van der Waals surface area contributed by atoms with E-state index in [1.807, 2.05) is 0 Å². The molecule has 4 aromatic rings. The van der Waals surface area contributed by atoms with E-state index in [1.54, 1.807) is 42.5 Å². The molecule has 1 atom stereocenters. The van der Waals surface area contributed by atoms with Crippen LogP contribution in [0, 0.1) is 5.82 Å². The Morgan fingerprint density at radius 3 is 2.22 bits per heavy atom. The average molecular weight is 554 g/mol. The molecule has 3 aromatic carbocycles. The maximum atomic E-state index is 13.8. The van der Waals surface area contributed by atoms with E-state index >= 15 is 0 Å². The normalized spacial score (nSPS) is 14.8. The molecule has 0 saturated carbocycles. The van der Waals surface area contributed by atoms with Crippen molar-refractivity contribution in [3.63, 3.8) is 0 Å². The van der Waals surface area contributed by atoms with Gasteiger partial charge in [-0.3, -0.25) is 9.59 Å². The van der Waals surface area contributed by atoms with Gasteiger partial charge in [-0.05, 0) is 53.6 Å². The number of ether oxygens (including phenoxy) is 3. The molecule has 0 unspecified atom stereocenters. The number of methoxy groups -OCH3 is 3. The highest BCUT2D eigenvalue weighted by Gasteiger charge is 2.43. The van der Waals surface area contributed by atoms with Crippen molar-refractivity contribution in [3.8, 4) is 17.2 Å². The second kappa shape index (κ2) is 9.31. The quantitative estimate of drug-likeness (QED) is 0.315. The Bertz CT molecular complexity index is 1520. The minimum Gasteiger partial charge on any atom is -0.493 e. The molecule has 0 radical (unpaired) electrons. The van der Waals surface area contributed by atoms with Crippen LogP contribution in [-0.4, -0.2) is 32.1 Å². The van der Waals surface area contributed by atoms with E-state index < -0.39 is 11.9 Å². The summed E-state index contributed by atoms with van der Waals surface area (Å²) in [6.07, 6.45) is 0. The molecule has 36 heavy (non-hydrogen) atoms. The van der Waals surface area contributed by atoms with Crippen LogP contribution in [0.3, 0.4) is 0 Å². The molecule has 1 aliphatic heterocycles. The van der Waals surface area contributed by atoms with Crippen molar-refractivity contribution >= 4 is 32.8 Å². The van der Waals surface area contributed by atoms with Gasteiger partial charge in [0.25, 0.3) is 5.91 Å². The second-order valence-electron chi connectivity index (χ2n) is 8.24. The maximum absolute atomic E-state index is 13.8. The van der Waals surface area contributed by atoms with Crippen LogP contribution < -0.4 is 19.6 Å². The lowest BCUT2D eigenvalue weighted by atomic mass is 9.97. The van der Waals surface area contributed by atoms with Crippen LogP contribution in [0.4, 0.5) is 4.39 Å². The van der Waals surface area contributed by atoms with Gasteiger partial charge in [0.15, 0.2) is 16.9 Å². The zero-order valence-electron chi connectivity index (χ0n) is 19.6. The number of rotatable bonds is 6. The third kappa shape index (κ3) is 3.89. The SMILES string of the molecule is COc1cc([C@@H]2c3c(oc4ccc(Br)cc4c3=O)C(=O)N2Cc2ccc(F)cc2)cc(OC)c1OC. The fourth-order valence-corrected chi connectivity index (χ4v) is 4.91. The van der Waals surface area contributed by atoms with E-state index in [2.05, 4.69) is 15.9 Å². The minimum atomic E-state index is -0.814. The topological polar surface area (TPSA) is 78.2 Å². The molecule has 0 fully saturated rings. The van der Waals surface area contributed by atoms with E-state index in [0.717, 1.165) is 0 Å². The Kier molecular flexibility index (Phi) is 6.17. The fraction of sp³-hybridized carbons (Fsp3) is 0.185. The molecule has 0 bridgehead atoms. The Morgan fingerprint density at radius 1 is 0.944 bits per heavy atom. The Hall–Kier alpha value is -3.85. The highest BCUT2D eigenvalue weighted by molar-refractivity contribution is 9.10. The molecule has 0 aliphatic carbocycles. The van der Waals surface area contributed by atoms with Crippen molar-refractivity contribution in [2.45, 2.75) is 12.6 Å². The number of amides is 1. The molecular weight excluding hydrogens is 533 g/mol. The highest BCUT2D eigenvalue weighted by Crippen LogP contribution is 2.45. The van der Waals surface area contributed by atoms with Gasteiger partial charge in [-0.1, -0.05) is 28.1 Å². The number of hydrogen-bond acceptors (Lipinski definition) is 6. The first-order valence-electron chi connectivity index (χ1n) is 11.0. The number of carbonyl (C=O) groups is 1. The van der Waals surface area contributed by atoms with E-state index in [1.165, 1.54) is 38.4 Å². The number of halogens is 2. The molecule has 9 heteroatoms. The van der Waals surface area contributed by atoms with Crippen LogP contribution in [0.1, 0.15) is 33.3 Å². The molecule has 0 saturated heterocycles. The molecule has 184 valence electrons. The van der Waals surface area contributed by atoms with Crippen LogP contribution in [0.2, 0.25) is 0 Å². The zero-order chi connectivity index (χ0) is 25.6. The van der Waals surface area contributed by atoms with Crippen LogP contribution in [0.15, 0.2) is 68.3 Å². The molecule has 2 heterocycles. The van der Waals surface area contributed by atoms with Crippen molar-refractivity contribution in [2.75, 3.05) is 21.3 Å². The van der Waals surface area contributed by atoms with Gasteiger partial charge < -0.3 is 23.5 Å². The van der Waals surface area contributed by atoms with Crippen molar-refractivity contribution in [1.82, 2.24) is 4.90 Å². The van der Waals surface area contributed by atoms with Gasteiger partial charge in [-0.25, -0.2) is 4.39 Å². The van der Waals surface area contributed by atoms with E-state index in [-0.39, 0.29) is 29.1 Å². The fourth-order valence-electron chi connectivity index (χ4n) is 4.55. The molecular formula is C27H21BrFNO6. The lowest BCUT2D eigenvalue weighted by Gasteiger charge is -2.26. The third-order valence-electron chi connectivity index (χ3n) is 6.20. The van der Waals surface area contributed by atoms with Gasteiger partial charge in [0.2, 0.25) is 11.5 Å². The molecule has 0 N–H and O–H groups in total. The number of carbonyl (C=O) groups excluding carboxylic acids is 1. The van der Waals surface area contributed by atoms with E-state index in [9.17, 15) is 14.0 Å². The summed E-state index contributed by atoms with van der Waals surface area (Å²) in [5.41, 5.74) is 1.46. The molecule has 7 nitrogen and oxygen atoms in total. The third-order valence-corrected chi connectivity index (χ3v) is 6.69. The summed E-state index contributed by atoms with van der Waals surface area (Å²) in [5.74, 6) is 0.271. The summed E-state index contributed by atoms with van der Waals surface area (Å²) in [4.78, 5) is 29.0. The van der Waals surface area contributed by atoms with E-state index in [4.69, 9.17) is 18.6 Å². The lowest BCUT2D eigenvalue weighted by Crippen LogP contribution is -2.29. The summed E-state index contributed by atoms with van der Waals surface area (Å²) in [7, 11) is 4.48.